The quantitative estimate of drug-likeness (QED) is 0.661. The summed E-state index contributed by atoms with van der Waals surface area (Å²) in [4.78, 5) is 12.8. The zero-order chi connectivity index (χ0) is 14.5. The van der Waals surface area contributed by atoms with E-state index in [-0.39, 0.29) is 0 Å². The summed E-state index contributed by atoms with van der Waals surface area (Å²) in [6.07, 6.45) is 10.7. The van der Waals surface area contributed by atoms with Crippen molar-refractivity contribution in [2.75, 3.05) is 0 Å². The Morgan fingerprint density at radius 3 is 1.52 bits per heavy atom. The zero-order valence-corrected chi connectivity index (χ0v) is 12.7. The van der Waals surface area contributed by atoms with Gasteiger partial charge in [0.15, 0.2) is 5.43 Å². The van der Waals surface area contributed by atoms with Crippen LogP contribution in [-0.2, 0) is 12.8 Å². The van der Waals surface area contributed by atoms with Crippen molar-refractivity contribution in [1.82, 2.24) is 0 Å². The molecule has 2 aromatic rings. The van der Waals surface area contributed by atoms with Gasteiger partial charge in [0.05, 0.1) is 0 Å². The van der Waals surface area contributed by atoms with Gasteiger partial charge in [0.25, 0.3) is 0 Å². The maximum Gasteiger partial charge on any atom is 0.185 e. The van der Waals surface area contributed by atoms with Crippen molar-refractivity contribution in [3.63, 3.8) is 0 Å². The van der Waals surface area contributed by atoms with Crippen LogP contribution in [0.5, 0.6) is 0 Å². The Balaban J connectivity index is 2.10. The van der Waals surface area contributed by atoms with E-state index in [1.54, 1.807) is 0 Å². The van der Waals surface area contributed by atoms with Crippen LogP contribution in [0.3, 0.4) is 0 Å². The van der Waals surface area contributed by atoms with Gasteiger partial charge < -0.3 is 0 Å². The molecule has 0 radical (unpaired) electrons. The Morgan fingerprint density at radius 1 is 0.619 bits per heavy atom. The van der Waals surface area contributed by atoms with Crippen LogP contribution in [0.1, 0.15) is 56.1 Å². The van der Waals surface area contributed by atoms with Crippen molar-refractivity contribution in [2.45, 2.75) is 57.8 Å². The lowest BCUT2D eigenvalue weighted by Crippen LogP contribution is -2.12. The van der Waals surface area contributed by atoms with Gasteiger partial charge >= 0.3 is 0 Å². The summed E-state index contributed by atoms with van der Waals surface area (Å²) in [5.74, 6) is 0. The normalized spacial score (nSPS) is 17.0. The highest BCUT2D eigenvalue weighted by Crippen LogP contribution is 2.18. The molecule has 1 heteroatoms. The molecule has 0 aliphatic heterocycles. The molecule has 0 heterocycles. The summed E-state index contributed by atoms with van der Waals surface area (Å²) < 4.78 is 0. The van der Waals surface area contributed by atoms with E-state index in [0.717, 1.165) is 36.8 Å². The predicted molar refractivity (Wildman–Crippen MR) is 89.9 cm³/mol. The number of rotatable bonds is 0. The Labute approximate surface area is 127 Å². The van der Waals surface area contributed by atoms with Crippen LogP contribution in [0.25, 0.3) is 10.8 Å². The highest BCUT2D eigenvalue weighted by molar-refractivity contribution is 5.82. The van der Waals surface area contributed by atoms with Crippen LogP contribution in [-0.4, -0.2) is 0 Å². The second kappa shape index (κ2) is 6.89. The molecule has 0 saturated carbocycles. The van der Waals surface area contributed by atoms with Crippen molar-refractivity contribution >= 4 is 10.8 Å². The van der Waals surface area contributed by atoms with Gasteiger partial charge in [0, 0.05) is 11.1 Å². The summed E-state index contributed by atoms with van der Waals surface area (Å²) in [5.41, 5.74) is 2.34. The predicted octanol–water partition coefficient (Wildman–Crippen LogP) is 5.03. The molecule has 0 atom stereocenters. The Kier molecular flexibility index (Phi) is 4.69. The molecule has 21 heavy (non-hydrogen) atoms. The van der Waals surface area contributed by atoms with Gasteiger partial charge in [-0.05, 0) is 48.6 Å². The fourth-order valence-corrected chi connectivity index (χ4v) is 3.37. The Hall–Kier alpha value is -1.63. The van der Waals surface area contributed by atoms with Crippen molar-refractivity contribution in [1.29, 1.82) is 0 Å². The molecule has 2 aromatic carbocycles. The number of aryl methyl sites for hydroxylation is 2. The van der Waals surface area contributed by atoms with E-state index in [1.807, 2.05) is 0 Å². The first-order chi connectivity index (χ1) is 10.3. The molecule has 0 saturated heterocycles. The molecule has 1 aliphatic carbocycles. The first kappa shape index (κ1) is 14.3. The summed E-state index contributed by atoms with van der Waals surface area (Å²) in [7, 11) is 0. The third kappa shape index (κ3) is 3.53. The largest absolute Gasteiger partial charge is 0.289 e. The Morgan fingerprint density at radius 2 is 1.05 bits per heavy atom. The van der Waals surface area contributed by atoms with Crippen LogP contribution >= 0.6 is 0 Å². The maximum atomic E-state index is 12.8. The standard InChI is InChI=1S/C20H24O/c21-20-18-12-6-4-2-1-3-5-7-13-19(20)15-17-11-9-8-10-16(17)14-18/h8-11,14-15H,1-7,12-13H2. The third-order valence-corrected chi connectivity index (χ3v) is 4.63. The van der Waals surface area contributed by atoms with Crippen LogP contribution in [0.2, 0.25) is 0 Å². The van der Waals surface area contributed by atoms with Crippen LogP contribution in [0.15, 0.2) is 41.2 Å². The van der Waals surface area contributed by atoms with E-state index >= 15 is 0 Å². The molecule has 0 N–H and O–H groups in total. The van der Waals surface area contributed by atoms with Gasteiger partial charge in [-0.2, -0.15) is 0 Å². The second-order valence-corrected chi connectivity index (χ2v) is 6.27. The lowest BCUT2D eigenvalue weighted by Gasteiger charge is -2.05. The Bertz CT molecular complexity index is 617. The fourth-order valence-electron chi connectivity index (χ4n) is 3.37. The smallest absolute Gasteiger partial charge is 0.185 e. The lowest BCUT2D eigenvalue weighted by molar-refractivity contribution is 0.575. The molecule has 1 aliphatic rings. The van der Waals surface area contributed by atoms with Crippen molar-refractivity contribution < 1.29 is 0 Å². The molecule has 0 spiro atoms. The van der Waals surface area contributed by atoms with Gasteiger partial charge in [-0.25, -0.2) is 0 Å². The van der Waals surface area contributed by atoms with Gasteiger partial charge in [0.1, 0.15) is 0 Å². The number of fused-ring (bicyclic) bond motifs is 3. The van der Waals surface area contributed by atoms with Gasteiger partial charge in [-0.1, -0.05) is 56.4 Å². The SMILES string of the molecule is O=c1c2cc3ccccc3cc1CCCCCCCCC2. The van der Waals surface area contributed by atoms with E-state index in [4.69, 9.17) is 0 Å². The van der Waals surface area contributed by atoms with Gasteiger partial charge in [-0.15, -0.1) is 0 Å². The summed E-state index contributed by atoms with van der Waals surface area (Å²) in [5, 5.41) is 2.40. The first-order valence-corrected chi connectivity index (χ1v) is 8.39. The van der Waals surface area contributed by atoms with E-state index in [9.17, 15) is 4.79 Å². The van der Waals surface area contributed by atoms with Crippen LogP contribution in [0.4, 0.5) is 0 Å². The minimum Gasteiger partial charge on any atom is -0.289 e. The van der Waals surface area contributed by atoms with E-state index in [1.165, 1.54) is 42.9 Å². The van der Waals surface area contributed by atoms with Crippen LogP contribution < -0.4 is 5.43 Å². The van der Waals surface area contributed by atoms with E-state index in [0.29, 0.717) is 5.43 Å². The van der Waals surface area contributed by atoms with E-state index < -0.39 is 0 Å². The van der Waals surface area contributed by atoms with Crippen molar-refractivity contribution in [3.8, 4) is 0 Å². The third-order valence-electron chi connectivity index (χ3n) is 4.63. The average Bonchev–Trinajstić information content (AvgIpc) is 2.63. The molecule has 0 aromatic heterocycles. The minimum atomic E-state index is 0.298. The van der Waals surface area contributed by atoms with Gasteiger partial charge in [0.2, 0.25) is 0 Å². The van der Waals surface area contributed by atoms with Crippen molar-refractivity contribution in [2.24, 2.45) is 0 Å². The number of hydrogen-bond acceptors (Lipinski definition) is 1. The molecule has 3 rings (SSSR count). The molecule has 1 nitrogen and oxygen atoms in total. The fraction of sp³-hybridized carbons (Fsp3) is 0.450. The number of benzene rings is 1. The second-order valence-electron chi connectivity index (χ2n) is 6.27. The summed E-state index contributed by atoms with van der Waals surface area (Å²) >= 11 is 0. The highest BCUT2D eigenvalue weighted by Gasteiger charge is 2.08. The number of hydrogen-bond donors (Lipinski definition) is 0. The highest BCUT2D eigenvalue weighted by atomic mass is 16.1. The topological polar surface area (TPSA) is 17.1 Å². The molecule has 0 amide bonds. The van der Waals surface area contributed by atoms with Crippen LogP contribution in [0, 0.1) is 0 Å². The monoisotopic (exact) mass is 280 g/mol. The minimum absolute atomic E-state index is 0.298. The zero-order valence-electron chi connectivity index (χ0n) is 12.7. The average molecular weight is 280 g/mol. The lowest BCUT2D eigenvalue weighted by atomic mass is 10.00. The molecule has 110 valence electrons. The summed E-state index contributed by atoms with van der Waals surface area (Å²) in [6.45, 7) is 0. The molecule has 0 fully saturated rings. The molecule has 0 unspecified atom stereocenters. The maximum absolute atomic E-state index is 12.8. The summed E-state index contributed by atoms with van der Waals surface area (Å²) in [6, 6.07) is 12.6. The van der Waals surface area contributed by atoms with E-state index in [2.05, 4.69) is 36.4 Å². The first-order valence-electron chi connectivity index (χ1n) is 8.39. The van der Waals surface area contributed by atoms with Gasteiger partial charge in [-0.3, -0.25) is 4.79 Å². The molecular formula is C20H24O. The molecule has 2 bridgehead atoms. The molecular weight excluding hydrogens is 256 g/mol. The van der Waals surface area contributed by atoms with Crippen molar-refractivity contribution in [3.05, 3.63) is 57.7 Å².